The van der Waals surface area contributed by atoms with E-state index in [9.17, 15) is 0 Å². The number of hydrogen-bond donors (Lipinski definition) is 1. The van der Waals surface area contributed by atoms with Gasteiger partial charge in [0.1, 0.15) is 0 Å². The van der Waals surface area contributed by atoms with Crippen LogP contribution < -0.4 is 0 Å². The van der Waals surface area contributed by atoms with Gasteiger partial charge >= 0.3 is 0 Å². The summed E-state index contributed by atoms with van der Waals surface area (Å²) in [5.74, 6) is 0. The third-order valence-electron chi connectivity index (χ3n) is 3.80. The molecule has 1 aromatic rings. The Labute approximate surface area is 110 Å². The van der Waals surface area contributed by atoms with Gasteiger partial charge in [-0.15, -0.1) is 5.10 Å². The Kier molecular flexibility index (Phi) is 3.54. The van der Waals surface area contributed by atoms with E-state index in [1.54, 1.807) is 16.4 Å². The van der Waals surface area contributed by atoms with Crippen LogP contribution in [0.2, 0.25) is 0 Å². The van der Waals surface area contributed by atoms with Crippen molar-refractivity contribution in [1.82, 2.24) is 20.2 Å². The van der Waals surface area contributed by atoms with Crippen LogP contribution >= 0.6 is 11.8 Å². The van der Waals surface area contributed by atoms with Crippen LogP contribution in [-0.2, 0) is 11.3 Å². The summed E-state index contributed by atoms with van der Waals surface area (Å²) < 4.78 is 7.59. The first-order chi connectivity index (χ1) is 8.81. The Balaban J connectivity index is 1.63. The molecule has 2 heterocycles. The molecule has 2 aliphatic rings. The smallest absolute Gasteiger partial charge is 0.209 e. The minimum absolute atomic E-state index is 0.0658. The van der Waals surface area contributed by atoms with Crippen LogP contribution in [0.1, 0.15) is 32.1 Å². The molecular weight excluding hydrogens is 252 g/mol. The number of hydrogen-bond acceptors (Lipinski definition) is 6. The van der Waals surface area contributed by atoms with Gasteiger partial charge < -0.3 is 9.84 Å². The van der Waals surface area contributed by atoms with Crippen molar-refractivity contribution >= 4 is 11.8 Å². The molecule has 1 aliphatic heterocycles. The number of aliphatic hydroxyl groups is 1. The summed E-state index contributed by atoms with van der Waals surface area (Å²) in [6.45, 7) is 1.37. The van der Waals surface area contributed by atoms with Gasteiger partial charge in [-0.25, -0.2) is 4.68 Å². The Hall–Kier alpha value is -0.660. The van der Waals surface area contributed by atoms with Gasteiger partial charge in [0.05, 0.1) is 18.8 Å². The average molecular weight is 270 g/mol. The van der Waals surface area contributed by atoms with E-state index in [2.05, 4.69) is 15.5 Å². The van der Waals surface area contributed by atoms with Crippen LogP contribution in [0.25, 0.3) is 0 Å². The molecule has 6 nitrogen and oxygen atoms in total. The maximum Gasteiger partial charge on any atom is 0.209 e. The molecule has 1 atom stereocenters. The van der Waals surface area contributed by atoms with Crippen molar-refractivity contribution in [1.29, 1.82) is 0 Å². The van der Waals surface area contributed by atoms with E-state index < -0.39 is 0 Å². The molecule has 7 heteroatoms. The fourth-order valence-electron chi connectivity index (χ4n) is 2.67. The zero-order valence-electron chi connectivity index (χ0n) is 10.3. The molecular formula is C11H18N4O2S. The third-order valence-corrected chi connectivity index (χ3v) is 5.03. The van der Waals surface area contributed by atoms with Crippen LogP contribution in [-0.4, -0.2) is 49.4 Å². The van der Waals surface area contributed by atoms with Gasteiger partial charge in [0.15, 0.2) is 0 Å². The van der Waals surface area contributed by atoms with Gasteiger partial charge in [0, 0.05) is 11.9 Å². The van der Waals surface area contributed by atoms with Crippen LogP contribution in [0.3, 0.4) is 0 Å². The predicted molar refractivity (Wildman–Crippen MR) is 66.3 cm³/mol. The summed E-state index contributed by atoms with van der Waals surface area (Å²) in [4.78, 5) is 0. The first kappa shape index (κ1) is 12.4. The van der Waals surface area contributed by atoms with Crippen LogP contribution in [0, 0.1) is 0 Å². The highest BCUT2D eigenvalue weighted by Crippen LogP contribution is 2.45. The lowest BCUT2D eigenvalue weighted by molar-refractivity contribution is -0.125. The van der Waals surface area contributed by atoms with Gasteiger partial charge in [0.2, 0.25) is 5.16 Å². The quantitative estimate of drug-likeness (QED) is 0.875. The molecule has 0 aromatic carbocycles. The largest absolute Gasteiger partial charge is 0.394 e. The molecule has 1 spiro atoms. The molecule has 1 unspecified atom stereocenters. The summed E-state index contributed by atoms with van der Waals surface area (Å²) in [6, 6.07) is 0. The molecule has 0 radical (unpaired) electrons. The van der Waals surface area contributed by atoms with Crippen molar-refractivity contribution in [3.63, 3.8) is 0 Å². The fourth-order valence-corrected chi connectivity index (χ4v) is 3.90. The van der Waals surface area contributed by atoms with Crippen molar-refractivity contribution < 1.29 is 9.84 Å². The van der Waals surface area contributed by atoms with Gasteiger partial charge in [-0.05, 0) is 42.5 Å². The summed E-state index contributed by atoms with van der Waals surface area (Å²) >= 11 is 1.73. The van der Waals surface area contributed by atoms with Crippen molar-refractivity contribution in [3.8, 4) is 0 Å². The molecule has 0 amide bonds. The van der Waals surface area contributed by atoms with Gasteiger partial charge in [0.25, 0.3) is 0 Å². The molecule has 1 saturated heterocycles. The normalized spacial score (nSPS) is 26.2. The van der Waals surface area contributed by atoms with Crippen LogP contribution in [0.15, 0.2) is 5.16 Å². The van der Waals surface area contributed by atoms with Crippen molar-refractivity contribution in [2.45, 2.75) is 54.7 Å². The first-order valence-corrected chi connectivity index (χ1v) is 7.37. The average Bonchev–Trinajstić information content (AvgIpc) is 2.76. The summed E-state index contributed by atoms with van der Waals surface area (Å²) in [6.07, 6.45) is 5.85. The second-order valence-electron chi connectivity index (χ2n) is 5.03. The van der Waals surface area contributed by atoms with Gasteiger partial charge in [-0.1, -0.05) is 11.8 Å². The number of rotatable bonds is 4. The Morgan fingerprint density at radius 3 is 3.11 bits per heavy atom. The molecule has 0 bridgehead atoms. The molecule has 1 aliphatic carbocycles. The molecule has 2 fully saturated rings. The highest BCUT2D eigenvalue weighted by Gasteiger charge is 2.43. The molecule has 1 saturated carbocycles. The Bertz CT molecular complexity index is 408. The van der Waals surface area contributed by atoms with Crippen molar-refractivity contribution in [2.75, 3.05) is 13.2 Å². The molecule has 18 heavy (non-hydrogen) atoms. The minimum atomic E-state index is 0.0658. The number of ether oxygens (including phenoxy) is 1. The summed E-state index contributed by atoms with van der Waals surface area (Å²) in [5, 5.41) is 21.9. The SMILES string of the molecule is OCCn1nnnc1SC1CCOC2(CCC2)C1. The van der Waals surface area contributed by atoms with E-state index in [4.69, 9.17) is 9.84 Å². The maximum atomic E-state index is 8.95. The predicted octanol–water partition coefficient (Wildman–Crippen LogP) is 0.859. The van der Waals surface area contributed by atoms with Gasteiger partial charge in [-0.3, -0.25) is 0 Å². The standard InChI is InChI=1S/C11H18N4O2S/c16-6-5-15-10(12-13-14-15)18-9-2-7-17-11(8-9)3-1-4-11/h9,16H,1-8H2. The minimum Gasteiger partial charge on any atom is -0.394 e. The van der Waals surface area contributed by atoms with E-state index in [-0.39, 0.29) is 12.2 Å². The highest BCUT2D eigenvalue weighted by molar-refractivity contribution is 7.99. The lowest BCUT2D eigenvalue weighted by atomic mass is 9.75. The van der Waals surface area contributed by atoms with Crippen molar-refractivity contribution in [3.05, 3.63) is 0 Å². The lowest BCUT2D eigenvalue weighted by Crippen LogP contribution is -2.46. The molecule has 1 aromatic heterocycles. The summed E-state index contributed by atoms with van der Waals surface area (Å²) in [7, 11) is 0. The fraction of sp³-hybridized carbons (Fsp3) is 0.909. The molecule has 3 rings (SSSR count). The maximum absolute atomic E-state index is 8.95. The topological polar surface area (TPSA) is 73.1 Å². The number of aromatic nitrogens is 4. The second-order valence-corrected chi connectivity index (χ2v) is 6.29. The van der Waals surface area contributed by atoms with E-state index in [0.717, 1.165) is 24.6 Å². The number of aliphatic hydroxyl groups excluding tert-OH is 1. The zero-order chi connectivity index (χ0) is 12.4. The zero-order valence-corrected chi connectivity index (χ0v) is 11.1. The lowest BCUT2D eigenvalue weighted by Gasteiger charge is -2.46. The number of thioether (sulfide) groups is 1. The van der Waals surface area contributed by atoms with E-state index >= 15 is 0 Å². The Morgan fingerprint density at radius 1 is 1.50 bits per heavy atom. The number of tetrazole rings is 1. The monoisotopic (exact) mass is 270 g/mol. The highest BCUT2D eigenvalue weighted by atomic mass is 32.2. The molecule has 100 valence electrons. The molecule has 1 N–H and O–H groups in total. The van der Waals surface area contributed by atoms with E-state index in [1.165, 1.54) is 19.3 Å². The van der Waals surface area contributed by atoms with Crippen LogP contribution in [0.4, 0.5) is 0 Å². The van der Waals surface area contributed by atoms with Crippen molar-refractivity contribution in [2.24, 2.45) is 0 Å². The number of nitrogens with zero attached hydrogens (tertiary/aromatic N) is 4. The third kappa shape index (κ3) is 2.39. The Morgan fingerprint density at radius 2 is 2.39 bits per heavy atom. The van der Waals surface area contributed by atoms with Crippen LogP contribution in [0.5, 0.6) is 0 Å². The van der Waals surface area contributed by atoms with E-state index in [0.29, 0.717) is 11.8 Å². The van der Waals surface area contributed by atoms with E-state index in [1.807, 2.05) is 0 Å². The van der Waals surface area contributed by atoms with Gasteiger partial charge in [-0.2, -0.15) is 0 Å². The summed E-state index contributed by atoms with van der Waals surface area (Å²) in [5.41, 5.74) is 0.158. The second kappa shape index (κ2) is 5.14. The first-order valence-electron chi connectivity index (χ1n) is 6.49.